The molecule has 10 heterocycles. The number of aromatic amines is 4. The average molecular weight is 1920 g/mol. The molecule has 0 saturated heterocycles. The van der Waals surface area contributed by atoms with Gasteiger partial charge in [-0.05, 0) is 12.1 Å². The normalized spacial score (nSPS) is 12.4. The van der Waals surface area contributed by atoms with Crippen molar-refractivity contribution in [2.24, 2.45) is 0 Å². The maximum atomic E-state index is 12.9. The minimum absolute atomic E-state index is 0.0327. The number of nitrogens with zero attached hydrogens (tertiary/aromatic N) is 12. The fraction of sp³-hybridized carbons (Fsp3) is 0. The monoisotopic (exact) mass is 1920 g/mol. The molecule has 0 fully saturated rings. The van der Waals surface area contributed by atoms with Gasteiger partial charge in [0.05, 0.1) is 29.4 Å². The van der Waals surface area contributed by atoms with Crippen LogP contribution < -0.4 is 0 Å². The van der Waals surface area contributed by atoms with Gasteiger partial charge in [0.2, 0.25) is 0 Å². The molecule has 0 atom stereocenters. The molecule has 558 valence electrons. The van der Waals surface area contributed by atoms with Gasteiger partial charge in [-0.1, -0.05) is 146 Å². The van der Waals surface area contributed by atoms with E-state index in [-0.39, 0.29) is 46.6 Å². The Morgan fingerprint density at radius 3 is 0.591 bits per heavy atom. The summed E-state index contributed by atoms with van der Waals surface area (Å²) in [5.74, 6) is 0.410. The number of hydrogen-bond acceptors (Lipinski definition) is 30. The summed E-state index contributed by atoms with van der Waals surface area (Å²) >= 11 is 6.07. The number of H-pyrrole nitrogens is 4. The van der Waals surface area contributed by atoms with Crippen molar-refractivity contribution in [3.05, 3.63) is 158 Å². The van der Waals surface area contributed by atoms with E-state index in [1.165, 1.54) is 0 Å². The van der Waals surface area contributed by atoms with E-state index < -0.39 is 134 Å². The Labute approximate surface area is 659 Å². The van der Waals surface area contributed by atoms with E-state index in [9.17, 15) is 77.8 Å². The Balaban J connectivity index is 0.000000172. The van der Waals surface area contributed by atoms with Gasteiger partial charge in [0, 0.05) is 87.6 Å². The van der Waals surface area contributed by atoms with Gasteiger partial charge in [-0.2, -0.15) is 0 Å². The van der Waals surface area contributed by atoms with Crippen LogP contribution in [0.25, 0.3) is 179 Å². The molecule has 18 rings (SSSR count). The van der Waals surface area contributed by atoms with Gasteiger partial charge in [-0.3, -0.25) is 0 Å². The van der Waals surface area contributed by atoms with Crippen molar-refractivity contribution in [2.75, 3.05) is 0 Å². The van der Waals surface area contributed by atoms with Crippen LogP contribution in [0, 0.1) is 0 Å². The fourth-order valence-electron chi connectivity index (χ4n) is 12.8. The quantitative estimate of drug-likeness (QED) is 0.0889. The first kappa shape index (κ1) is 77.4. The summed E-state index contributed by atoms with van der Waals surface area (Å²) in [6.45, 7) is 0. The predicted octanol–water partition coefficient (Wildman–Crippen LogP) is 9.22. The summed E-state index contributed by atoms with van der Waals surface area (Å²) in [4.78, 5) is 56.3. The predicted molar refractivity (Wildman–Crippen MR) is 377 cm³/mol. The van der Waals surface area contributed by atoms with E-state index in [1.807, 2.05) is 100 Å². The fourth-order valence-corrected chi connectivity index (χ4v) is 19.4. The third-order valence-electron chi connectivity index (χ3n) is 17.0. The standard InChI is InChI=1S/2C32H18N8O9S3.3ClH.3Rh/c2*41-50(42,43)21-13-20-22(24(52(47,48)49)23(21)51(44,45)46)32-39-30-19-12-6-5-11-18(19)28(37-30)35-26-15-8-2-1-7-14(15)25(33-26)34-27-16-9-3-4-10-17(16)29(36-27)38-31(20)40-32;;;;;;/h2*1-13H,(H,41,42,43)(H,44,45,46)(H,47,48,49)(H2,33,34,35,36,37,38,39,40);3*1H;;;/q;;;;;3*+3/p-9. The molecular weight excluding hydrogens is 1890 g/mol. The molecule has 0 saturated carbocycles. The zero-order chi connectivity index (χ0) is 78.6. The number of aromatic nitrogens is 16. The van der Waals surface area contributed by atoms with E-state index in [1.54, 1.807) is 97.1 Å². The molecule has 0 amide bonds. The molecule has 110 heavy (non-hydrogen) atoms. The molecule has 8 aromatic carbocycles. The van der Waals surface area contributed by atoms with E-state index in [2.05, 4.69) is 88.9 Å². The SMILES string of the molecule is O=S(=O)([O-])c1cc2c3nc4nc(nc5[nH]c(nc6nc(nc([nH]3)c2c(S(=O)(=O)[O-])c1S(=O)(=O)[O-])-c1ccccc1-6)c1ccccc51)-c1ccccc1-4.O=S(=O)([O-])c1cc2c3nc4nc(nc5[nH]c(nc6nc(nc([nH]3)c2c(S(=O)(=O)[O-])c1S(=O)(=O)[O-])-c1ccccc1-6)c1ccccc51)-c1ccccc1-4.[Cl][Rh+2].[Cl][Rh+2].[Cl][Rh+2]. The second-order valence-electron chi connectivity index (χ2n) is 23.1. The average Bonchev–Trinajstić information content (AvgIpc) is 1.45. The van der Waals surface area contributed by atoms with Crippen LogP contribution in [0.4, 0.5) is 0 Å². The van der Waals surface area contributed by atoms with Crippen LogP contribution in [-0.2, 0) is 113 Å². The van der Waals surface area contributed by atoms with E-state index in [4.69, 9.17) is 19.9 Å². The zero-order valence-corrected chi connectivity index (χ0v) is 65.4. The molecular formula is C64H30Cl3N16O18Rh3S6. The van der Waals surface area contributed by atoms with Crippen LogP contribution in [0.5, 0.6) is 0 Å². The molecule has 16 bridgehead atoms. The Kier molecular flexibility index (Phi) is 20.5. The second-order valence-corrected chi connectivity index (χ2v) is 31.1. The van der Waals surface area contributed by atoms with Gasteiger partial charge in [-0.15, -0.1) is 0 Å². The van der Waals surface area contributed by atoms with Gasteiger partial charge in [0.15, 0.2) is 46.6 Å². The summed E-state index contributed by atoms with van der Waals surface area (Å²) in [5, 5.41) is 0.0401. The van der Waals surface area contributed by atoms with E-state index >= 15 is 0 Å². The molecule has 0 spiro atoms. The first-order chi connectivity index (χ1) is 52.3. The molecule has 0 radical (unpaired) electrons. The van der Waals surface area contributed by atoms with Crippen molar-refractivity contribution in [2.45, 2.75) is 29.4 Å². The molecule has 34 nitrogen and oxygen atoms in total. The van der Waals surface area contributed by atoms with Crippen molar-refractivity contribution >= 4 is 178 Å². The zero-order valence-electron chi connectivity index (χ0n) is 53.3. The van der Waals surface area contributed by atoms with Gasteiger partial charge in [0.1, 0.15) is 106 Å². The van der Waals surface area contributed by atoms with Crippen molar-refractivity contribution in [3.8, 4) is 91.1 Å². The first-order valence-electron chi connectivity index (χ1n) is 30.1. The summed E-state index contributed by atoms with van der Waals surface area (Å²) in [7, 11) is -22.5. The van der Waals surface area contributed by atoms with Crippen molar-refractivity contribution in [3.63, 3.8) is 0 Å². The van der Waals surface area contributed by atoms with Crippen LogP contribution in [0.2, 0.25) is 0 Å². The minimum atomic E-state index is -6.11. The third-order valence-corrected chi connectivity index (χ3v) is 22.9. The summed E-state index contributed by atoms with van der Waals surface area (Å²) in [6.07, 6.45) is 0. The number of halogens is 3. The molecule has 4 aliphatic heterocycles. The van der Waals surface area contributed by atoms with Crippen molar-refractivity contribution in [1.82, 2.24) is 79.7 Å². The van der Waals surface area contributed by atoms with Crippen molar-refractivity contribution in [1.29, 1.82) is 0 Å². The topological polar surface area (TPSA) is 561 Å². The number of hydrogen-bond donors (Lipinski definition) is 4. The first-order valence-corrected chi connectivity index (χ1v) is 44.9. The molecule has 0 aliphatic carbocycles. The van der Waals surface area contributed by atoms with Crippen LogP contribution in [0.15, 0.2) is 187 Å². The molecule has 4 N–H and O–H groups in total. The summed E-state index contributed by atoms with van der Waals surface area (Å²) in [5.41, 5.74) is 3.24. The van der Waals surface area contributed by atoms with Gasteiger partial charge >= 0.3 is 81.0 Å². The van der Waals surface area contributed by atoms with Crippen LogP contribution in [-0.4, -0.2) is 158 Å². The van der Waals surface area contributed by atoms with Gasteiger partial charge in [0.25, 0.3) is 0 Å². The second kappa shape index (κ2) is 29.1. The Morgan fingerprint density at radius 2 is 0.400 bits per heavy atom. The van der Waals surface area contributed by atoms with Crippen LogP contribution >= 0.6 is 29.1 Å². The Hall–Kier alpha value is -9.32. The third kappa shape index (κ3) is 13.9. The maximum absolute atomic E-state index is 12.9. The number of fused-ring (bicyclic) bond motifs is 40. The molecule has 0 unspecified atom stereocenters. The summed E-state index contributed by atoms with van der Waals surface area (Å²) in [6, 6.07) is 42.5. The molecule has 6 aromatic heterocycles. The summed E-state index contributed by atoms with van der Waals surface area (Å²) < 4.78 is 226. The molecule has 14 aromatic rings. The van der Waals surface area contributed by atoms with Crippen LogP contribution in [0.3, 0.4) is 0 Å². The number of rotatable bonds is 6. The Morgan fingerprint density at radius 1 is 0.227 bits per heavy atom. The van der Waals surface area contributed by atoms with Crippen molar-refractivity contribution < 1.29 is 130 Å². The number of nitrogens with one attached hydrogen (secondary N) is 4. The number of benzene rings is 8. The Bertz CT molecular complexity index is 7060. The van der Waals surface area contributed by atoms with E-state index in [0.29, 0.717) is 101 Å². The van der Waals surface area contributed by atoms with E-state index in [0.717, 1.165) is 0 Å². The van der Waals surface area contributed by atoms with Crippen LogP contribution in [0.1, 0.15) is 0 Å². The molecule has 4 aliphatic rings. The van der Waals surface area contributed by atoms with Gasteiger partial charge < -0.3 is 47.3 Å². The molecule has 46 heteroatoms. The van der Waals surface area contributed by atoms with Gasteiger partial charge in [-0.25, -0.2) is 110 Å².